The molecular formula is C39H52B2O4. The first-order chi connectivity index (χ1) is 21.0. The predicted octanol–water partition coefficient (Wildman–Crippen LogP) is 8.05. The van der Waals surface area contributed by atoms with E-state index in [1.807, 2.05) is 0 Å². The number of hydrogen-bond donors (Lipinski definition) is 0. The molecule has 3 aromatic rings. The molecule has 0 aromatic heterocycles. The summed E-state index contributed by atoms with van der Waals surface area (Å²) in [5.41, 5.74) is 9.30. The minimum Gasteiger partial charge on any atom is -0.399 e. The van der Waals surface area contributed by atoms with Crippen LogP contribution in [0.15, 0.2) is 54.6 Å². The molecule has 2 fully saturated rings. The van der Waals surface area contributed by atoms with Crippen molar-refractivity contribution in [3.63, 3.8) is 0 Å². The first-order valence-electron chi connectivity index (χ1n) is 17.1. The lowest BCUT2D eigenvalue weighted by atomic mass is 9.69. The molecule has 0 amide bonds. The highest BCUT2D eigenvalue weighted by Gasteiger charge is 2.54. The van der Waals surface area contributed by atoms with Gasteiger partial charge < -0.3 is 18.6 Å². The van der Waals surface area contributed by atoms with E-state index in [1.165, 1.54) is 64.6 Å². The topological polar surface area (TPSA) is 36.9 Å². The Morgan fingerprint density at radius 2 is 1.02 bits per heavy atom. The van der Waals surface area contributed by atoms with Gasteiger partial charge in [-0.25, -0.2) is 0 Å². The molecule has 6 rings (SSSR count). The van der Waals surface area contributed by atoms with Crippen LogP contribution >= 0.6 is 0 Å². The molecule has 6 heteroatoms. The highest BCUT2D eigenvalue weighted by molar-refractivity contribution is 6.62. The van der Waals surface area contributed by atoms with Crippen LogP contribution in [-0.4, -0.2) is 36.6 Å². The molecule has 0 bridgehead atoms. The second kappa shape index (κ2) is 11.1. The van der Waals surface area contributed by atoms with Crippen LogP contribution in [-0.2, 0) is 30.5 Å². The van der Waals surface area contributed by atoms with Crippen molar-refractivity contribution >= 4 is 25.2 Å². The van der Waals surface area contributed by atoms with Gasteiger partial charge in [-0.2, -0.15) is 0 Å². The van der Waals surface area contributed by atoms with Crippen molar-refractivity contribution in [2.45, 2.75) is 136 Å². The zero-order valence-electron chi connectivity index (χ0n) is 29.5. The molecule has 238 valence electrons. The van der Waals surface area contributed by atoms with Crippen LogP contribution in [0.1, 0.15) is 123 Å². The van der Waals surface area contributed by atoms with E-state index in [-0.39, 0.29) is 5.41 Å². The Morgan fingerprint density at radius 3 is 1.47 bits per heavy atom. The second-order valence-corrected chi connectivity index (χ2v) is 15.9. The first kappa shape index (κ1) is 32.6. The van der Waals surface area contributed by atoms with Gasteiger partial charge in [0.2, 0.25) is 0 Å². The summed E-state index contributed by atoms with van der Waals surface area (Å²) in [6, 6.07) is 20.8. The molecule has 1 aliphatic carbocycles. The SMILES string of the molecule is CCCCCCc1cc(C)cc(C2(C)c3cc(B4OC(C)(C)C(C)(C)O4)ccc3-c3ccc(B4OC(C)(C)C(C)(C)O4)cc32)c1. The van der Waals surface area contributed by atoms with Crippen molar-refractivity contribution in [1.82, 2.24) is 0 Å². The largest absolute Gasteiger partial charge is 0.494 e. The van der Waals surface area contributed by atoms with Gasteiger partial charge in [0.25, 0.3) is 0 Å². The lowest BCUT2D eigenvalue weighted by Gasteiger charge is -2.32. The number of aryl methyl sites for hydroxylation is 2. The van der Waals surface area contributed by atoms with E-state index in [4.69, 9.17) is 18.6 Å². The van der Waals surface area contributed by atoms with E-state index in [0.717, 1.165) is 17.3 Å². The van der Waals surface area contributed by atoms with Crippen molar-refractivity contribution < 1.29 is 18.6 Å². The van der Waals surface area contributed by atoms with Crippen LogP contribution in [0.3, 0.4) is 0 Å². The van der Waals surface area contributed by atoms with Gasteiger partial charge in [0.15, 0.2) is 0 Å². The zero-order valence-corrected chi connectivity index (χ0v) is 29.5. The quantitative estimate of drug-likeness (QED) is 0.192. The Labute approximate surface area is 272 Å². The van der Waals surface area contributed by atoms with Crippen LogP contribution in [0.4, 0.5) is 0 Å². The Balaban J connectivity index is 1.48. The molecule has 45 heavy (non-hydrogen) atoms. The molecule has 0 saturated carbocycles. The summed E-state index contributed by atoms with van der Waals surface area (Å²) in [4.78, 5) is 0. The average Bonchev–Trinajstić information content (AvgIpc) is 3.45. The maximum Gasteiger partial charge on any atom is 0.494 e. The number of unbranched alkanes of at least 4 members (excludes halogenated alkanes) is 3. The van der Waals surface area contributed by atoms with Gasteiger partial charge >= 0.3 is 14.2 Å². The maximum absolute atomic E-state index is 6.53. The van der Waals surface area contributed by atoms with Gasteiger partial charge in [-0.1, -0.05) is 86.3 Å². The standard InChI is InChI=1S/C39H52B2O4/c1-12-13-14-15-16-27-21-26(2)22-28(23-27)39(11)33-24-29(40-42-35(3,4)36(5,6)43-40)17-19-31(33)32-20-18-30(25-34(32)39)41-44-37(7,8)38(9,10)45-41/h17-25H,12-16H2,1-11H3. The monoisotopic (exact) mass is 606 g/mol. The molecular weight excluding hydrogens is 554 g/mol. The summed E-state index contributed by atoms with van der Waals surface area (Å²) in [6.07, 6.45) is 6.14. The average molecular weight is 606 g/mol. The fourth-order valence-electron chi connectivity index (χ4n) is 7.18. The molecule has 0 atom stereocenters. The normalized spacial score (nSPS) is 21.7. The molecule has 0 radical (unpaired) electrons. The molecule has 2 aliphatic heterocycles. The lowest BCUT2D eigenvalue weighted by Crippen LogP contribution is -2.41. The van der Waals surface area contributed by atoms with E-state index >= 15 is 0 Å². The minimum absolute atomic E-state index is 0.381. The fraction of sp³-hybridized carbons (Fsp3) is 0.538. The first-order valence-corrected chi connectivity index (χ1v) is 17.1. The van der Waals surface area contributed by atoms with Crippen LogP contribution in [0.5, 0.6) is 0 Å². The predicted molar refractivity (Wildman–Crippen MR) is 188 cm³/mol. The maximum atomic E-state index is 6.53. The van der Waals surface area contributed by atoms with E-state index in [2.05, 4.69) is 131 Å². The van der Waals surface area contributed by atoms with E-state index < -0.39 is 36.6 Å². The van der Waals surface area contributed by atoms with Gasteiger partial charge in [0.1, 0.15) is 0 Å². The molecule has 0 unspecified atom stereocenters. The fourth-order valence-corrected chi connectivity index (χ4v) is 7.18. The number of benzene rings is 3. The second-order valence-electron chi connectivity index (χ2n) is 15.9. The number of fused-ring (bicyclic) bond motifs is 3. The van der Waals surface area contributed by atoms with Gasteiger partial charge in [-0.3, -0.25) is 0 Å². The van der Waals surface area contributed by atoms with E-state index in [0.29, 0.717) is 0 Å². The highest BCUT2D eigenvalue weighted by atomic mass is 16.7. The summed E-state index contributed by atoms with van der Waals surface area (Å²) in [7, 11) is -0.833. The Kier molecular flexibility index (Phi) is 8.04. The van der Waals surface area contributed by atoms with Crippen LogP contribution < -0.4 is 10.9 Å². The van der Waals surface area contributed by atoms with Crippen molar-refractivity contribution in [3.8, 4) is 11.1 Å². The zero-order chi connectivity index (χ0) is 32.6. The Hall–Kier alpha value is -2.37. The third kappa shape index (κ3) is 5.44. The molecule has 4 nitrogen and oxygen atoms in total. The molecule has 2 saturated heterocycles. The summed E-state index contributed by atoms with van der Waals surface area (Å²) in [5, 5.41) is 0. The van der Waals surface area contributed by atoms with Crippen LogP contribution in [0.2, 0.25) is 0 Å². The van der Waals surface area contributed by atoms with Crippen molar-refractivity contribution in [1.29, 1.82) is 0 Å². The van der Waals surface area contributed by atoms with Gasteiger partial charge in [0.05, 0.1) is 22.4 Å². The van der Waals surface area contributed by atoms with Crippen molar-refractivity contribution in [3.05, 3.63) is 82.4 Å². The summed E-state index contributed by atoms with van der Waals surface area (Å²) < 4.78 is 26.1. The summed E-state index contributed by atoms with van der Waals surface area (Å²) >= 11 is 0. The van der Waals surface area contributed by atoms with Gasteiger partial charge in [-0.15, -0.1) is 0 Å². The summed E-state index contributed by atoms with van der Waals surface area (Å²) in [6.45, 7) is 23.8. The minimum atomic E-state index is -0.416. The van der Waals surface area contributed by atoms with Gasteiger partial charge in [-0.05, 0) is 126 Å². The molecule has 0 spiro atoms. The molecule has 0 N–H and O–H groups in total. The van der Waals surface area contributed by atoms with Crippen molar-refractivity contribution in [2.24, 2.45) is 0 Å². The molecule has 2 heterocycles. The smallest absolute Gasteiger partial charge is 0.399 e. The van der Waals surface area contributed by atoms with Crippen molar-refractivity contribution in [2.75, 3.05) is 0 Å². The van der Waals surface area contributed by atoms with Crippen LogP contribution in [0.25, 0.3) is 11.1 Å². The third-order valence-electron chi connectivity index (χ3n) is 11.5. The lowest BCUT2D eigenvalue weighted by molar-refractivity contribution is 0.00578. The molecule has 3 aromatic carbocycles. The van der Waals surface area contributed by atoms with Crippen LogP contribution in [0, 0.1) is 6.92 Å². The highest BCUT2D eigenvalue weighted by Crippen LogP contribution is 2.52. The van der Waals surface area contributed by atoms with E-state index in [9.17, 15) is 0 Å². The summed E-state index contributed by atoms with van der Waals surface area (Å²) in [5.74, 6) is 0. The number of rotatable bonds is 8. The number of hydrogen-bond acceptors (Lipinski definition) is 4. The Bertz CT molecular complexity index is 1490. The molecule has 3 aliphatic rings. The third-order valence-corrected chi connectivity index (χ3v) is 11.5. The van der Waals surface area contributed by atoms with E-state index in [1.54, 1.807) is 0 Å². The van der Waals surface area contributed by atoms with Gasteiger partial charge in [0, 0.05) is 5.41 Å². The Morgan fingerprint density at radius 1 is 0.556 bits per heavy atom.